The Morgan fingerprint density at radius 1 is 0.310 bits per heavy atom. The lowest BCUT2D eigenvalue weighted by atomic mass is 9.98. The number of hydrogen-bond acceptors (Lipinski definition) is 4. The van der Waals surface area contributed by atoms with Crippen molar-refractivity contribution in [2.24, 2.45) is 0 Å². The second-order valence-corrected chi connectivity index (χ2v) is 15.9. The van der Waals surface area contributed by atoms with Crippen LogP contribution in [0.5, 0.6) is 0 Å². The minimum atomic E-state index is 0.899. The van der Waals surface area contributed by atoms with Gasteiger partial charge in [-0.2, -0.15) is 0 Å². The van der Waals surface area contributed by atoms with Gasteiger partial charge < -0.3 is 13.7 Å². The van der Waals surface area contributed by atoms with Gasteiger partial charge in [0.2, 0.25) is 0 Å². The molecule has 0 aliphatic heterocycles. The number of hydrogen-bond donors (Lipinski definition) is 0. The number of thiophene rings is 1. The maximum Gasteiger partial charge on any atom is 0.144 e. The molecule has 0 spiro atoms. The molecular weight excluding hydrogens is 727 g/mol. The van der Waals surface area contributed by atoms with Gasteiger partial charge in [0, 0.05) is 58.8 Å². The fourth-order valence-electron chi connectivity index (χ4n) is 8.80. The molecule has 9 aromatic carbocycles. The van der Waals surface area contributed by atoms with Crippen molar-refractivity contribution < 1.29 is 8.83 Å². The first-order valence-electron chi connectivity index (χ1n) is 19.6. The molecule has 0 bridgehead atoms. The molecule has 12 aromatic rings. The number of rotatable bonds is 6. The van der Waals surface area contributed by atoms with Crippen molar-refractivity contribution in [3.63, 3.8) is 0 Å². The zero-order chi connectivity index (χ0) is 38.2. The highest BCUT2D eigenvalue weighted by Gasteiger charge is 2.19. The summed E-state index contributed by atoms with van der Waals surface area (Å²) < 4.78 is 15.3. The summed E-state index contributed by atoms with van der Waals surface area (Å²) >= 11 is 1.82. The molecule has 0 aliphatic carbocycles. The summed E-state index contributed by atoms with van der Waals surface area (Å²) in [5.74, 6) is 0. The molecular formula is C54H33NO2S. The predicted molar refractivity (Wildman–Crippen MR) is 245 cm³/mol. The van der Waals surface area contributed by atoms with Crippen LogP contribution in [0.25, 0.3) is 97.4 Å². The smallest absolute Gasteiger partial charge is 0.144 e. The van der Waals surface area contributed by atoms with Gasteiger partial charge in [0.1, 0.15) is 22.3 Å². The summed E-state index contributed by atoms with van der Waals surface area (Å²) in [5, 5.41) is 7.01. The zero-order valence-corrected chi connectivity index (χ0v) is 32.0. The van der Waals surface area contributed by atoms with E-state index in [9.17, 15) is 0 Å². The van der Waals surface area contributed by atoms with Crippen LogP contribution in [-0.4, -0.2) is 0 Å². The number of benzene rings is 9. The number of anilines is 3. The Kier molecular flexibility index (Phi) is 7.40. The van der Waals surface area contributed by atoms with Crippen LogP contribution >= 0.6 is 11.3 Å². The van der Waals surface area contributed by atoms with Crippen molar-refractivity contribution in [2.45, 2.75) is 0 Å². The van der Waals surface area contributed by atoms with Crippen LogP contribution < -0.4 is 4.90 Å². The van der Waals surface area contributed by atoms with Gasteiger partial charge in [-0.05, 0) is 106 Å². The minimum absolute atomic E-state index is 0.899. The van der Waals surface area contributed by atoms with Crippen LogP contribution in [0.15, 0.2) is 209 Å². The van der Waals surface area contributed by atoms with E-state index in [1.807, 2.05) is 29.5 Å². The standard InChI is InChI=1S/C54H33NO2S/c1-2-10-34(11-3-1)35-20-26-38(27-21-35)55(39-28-22-36(23-29-39)41-14-8-18-48-51(41)45-13-5-7-17-47(45)56-48)40-30-24-37(25-31-40)42-15-9-19-49-52(42)53-50(58-49)33-32-44-43-12-4-6-16-46(43)57-54(44)53/h1-33H. The average molecular weight is 760 g/mol. The molecule has 12 rings (SSSR count). The van der Waals surface area contributed by atoms with Crippen molar-refractivity contribution in [1.29, 1.82) is 0 Å². The Bertz CT molecular complexity index is 3480. The van der Waals surface area contributed by atoms with E-state index in [-0.39, 0.29) is 0 Å². The molecule has 58 heavy (non-hydrogen) atoms. The van der Waals surface area contributed by atoms with Crippen LogP contribution in [0.2, 0.25) is 0 Å². The van der Waals surface area contributed by atoms with Gasteiger partial charge in [-0.1, -0.05) is 127 Å². The summed E-state index contributed by atoms with van der Waals surface area (Å²) in [6, 6.07) is 71.4. The third kappa shape index (κ3) is 5.19. The second-order valence-electron chi connectivity index (χ2n) is 14.8. The summed E-state index contributed by atoms with van der Waals surface area (Å²) in [5.41, 5.74) is 14.0. The van der Waals surface area contributed by atoms with Gasteiger partial charge in [-0.3, -0.25) is 0 Å². The normalized spacial score (nSPS) is 11.8. The fraction of sp³-hybridized carbons (Fsp3) is 0. The molecule has 0 fully saturated rings. The van der Waals surface area contributed by atoms with Gasteiger partial charge >= 0.3 is 0 Å². The Morgan fingerprint density at radius 3 is 1.52 bits per heavy atom. The lowest BCUT2D eigenvalue weighted by Crippen LogP contribution is -2.09. The van der Waals surface area contributed by atoms with E-state index in [1.54, 1.807) is 0 Å². The van der Waals surface area contributed by atoms with Crippen LogP contribution in [0, 0.1) is 0 Å². The maximum atomic E-state index is 6.58. The van der Waals surface area contributed by atoms with E-state index in [1.165, 1.54) is 36.9 Å². The third-order valence-electron chi connectivity index (χ3n) is 11.5. The summed E-state index contributed by atoms with van der Waals surface area (Å²) in [4.78, 5) is 2.34. The Labute approximate surface area is 338 Å². The average Bonchev–Trinajstić information content (AvgIpc) is 3.99. The lowest BCUT2D eigenvalue weighted by molar-refractivity contribution is 0.669. The molecule has 3 heterocycles. The minimum Gasteiger partial charge on any atom is -0.456 e. The Morgan fingerprint density at radius 2 is 0.828 bits per heavy atom. The maximum absolute atomic E-state index is 6.58. The van der Waals surface area contributed by atoms with Gasteiger partial charge in [-0.25, -0.2) is 0 Å². The highest BCUT2D eigenvalue weighted by atomic mass is 32.1. The van der Waals surface area contributed by atoms with Crippen LogP contribution in [0.1, 0.15) is 0 Å². The molecule has 0 saturated carbocycles. The molecule has 0 radical (unpaired) electrons. The Hall–Kier alpha value is -7.40. The number of para-hydroxylation sites is 2. The van der Waals surface area contributed by atoms with Crippen LogP contribution in [-0.2, 0) is 0 Å². The molecule has 4 heteroatoms. The van der Waals surface area contributed by atoms with Crippen molar-refractivity contribution >= 4 is 92.4 Å². The van der Waals surface area contributed by atoms with Crippen molar-refractivity contribution in [3.8, 4) is 33.4 Å². The summed E-state index contributed by atoms with van der Waals surface area (Å²) in [6.07, 6.45) is 0. The van der Waals surface area contributed by atoms with E-state index < -0.39 is 0 Å². The summed E-state index contributed by atoms with van der Waals surface area (Å²) in [6.45, 7) is 0. The molecule has 0 amide bonds. The second kappa shape index (κ2) is 13.1. The molecule has 3 aromatic heterocycles. The molecule has 0 N–H and O–H groups in total. The van der Waals surface area contributed by atoms with Gasteiger partial charge in [0.25, 0.3) is 0 Å². The van der Waals surface area contributed by atoms with Crippen LogP contribution in [0.4, 0.5) is 17.1 Å². The number of fused-ring (bicyclic) bond motifs is 10. The molecule has 0 unspecified atom stereocenters. The van der Waals surface area contributed by atoms with E-state index in [4.69, 9.17) is 8.83 Å². The predicted octanol–water partition coefficient (Wildman–Crippen LogP) is 16.3. The van der Waals surface area contributed by atoms with Gasteiger partial charge in [0.15, 0.2) is 0 Å². The highest BCUT2D eigenvalue weighted by molar-refractivity contribution is 7.26. The summed E-state index contributed by atoms with van der Waals surface area (Å²) in [7, 11) is 0. The van der Waals surface area contributed by atoms with Crippen molar-refractivity contribution in [3.05, 3.63) is 200 Å². The van der Waals surface area contributed by atoms with E-state index in [0.29, 0.717) is 0 Å². The van der Waals surface area contributed by atoms with E-state index in [2.05, 4.69) is 187 Å². The SMILES string of the molecule is c1ccc(-c2ccc(N(c3ccc(-c4cccc5oc6ccccc6c45)cc3)c3ccc(-c4cccc5sc6ccc7c8ccccc8oc7c6c45)cc3)cc2)cc1. The van der Waals surface area contributed by atoms with E-state index in [0.717, 1.165) is 77.6 Å². The molecule has 272 valence electrons. The number of furan rings is 2. The third-order valence-corrected chi connectivity index (χ3v) is 12.6. The molecule has 3 nitrogen and oxygen atoms in total. The topological polar surface area (TPSA) is 29.5 Å². The quantitative estimate of drug-likeness (QED) is 0.169. The van der Waals surface area contributed by atoms with Crippen molar-refractivity contribution in [1.82, 2.24) is 0 Å². The first-order chi connectivity index (χ1) is 28.7. The molecule has 0 saturated heterocycles. The number of nitrogens with zero attached hydrogens (tertiary/aromatic N) is 1. The lowest BCUT2D eigenvalue weighted by Gasteiger charge is -2.26. The van der Waals surface area contributed by atoms with Crippen LogP contribution in [0.3, 0.4) is 0 Å². The first-order valence-corrected chi connectivity index (χ1v) is 20.4. The van der Waals surface area contributed by atoms with E-state index >= 15 is 0 Å². The van der Waals surface area contributed by atoms with Gasteiger partial charge in [0.05, 0.1) is 0 Å². The Balaban J connectivity index is 0.974. The fourth-order valence-corrected chi connectivity index (χ4v) is 9.93. The highest BCUT2D eigenvalue weighted by Crippen LogP contribution is 2.46. The molecule has 0 atom stereocenters. The van der Waals surface area contributed by atoms with Gasteiger partial charge in [-0.15, -0.1) is 11.3 Å². The molecule has 0 aliphatic rings. The first kappa shape index (κ1) is 32.8. The monoisotopic (exact) mass is 759 g/mol. The zero-order valence-electron chi connectivity index (χ0n) is 31.2. The van der Waals surface area contributed by atoms with Crippen molar-refractivity contribution in [2.75, 3.05) is 4.90 Å². The largest absolute Gasteiger partial charge is 0.456 e.